The van der Waals surface area contributed by atoms with Crippen molar-refractivity contribution in [2.75, 3.05) is 14.2 Å². The molecule has 0 saturated heterocycles. The van der Waals surface area contributed by atoms with Crippen LogP contribution < -0.4 is 9.47 Å². The molecule has 0 amide bonds. The standard InChI is InChI=1S/C14H10ClNO4.C14H12ClNO3/c1-20-11-5-2-9(3-6-11)14(17)12-8-10(16(18)19)4-7-13(12)15;1-19-13-5-2-10(3-6-13)8-11-9-12(16(17)18)4-7-14(11)15/h2-8H,1H3;2-7,9H,8H2,1H3. The summed E-state index contributed by atoms with van der Waals surface area (Å²) in [5, 5.41) is 22.2. The van der Waals surface area contributed by atoms with Crippen LogP contribution in [0.4, 0.5) is 11.4 Å². The van der Waals surface area contributed by atoms with Gasteiger partial charge in [0.1, 0.15) is 11.5 Å². The maximum atomic E-state index is 12.3. The first-order valence-corrected chi connectivity index (χ1v) is 12.1. The number of benzene rings is 4. The minimum absolute atomic E-state index is 0.0490. The van der Waals surface area contributed by atoms with Gasteiger partial charge in [0.05, 0.1) is 29.1 Å². The molecule has 0 atom stereocenters. The second-order valence-electron chi connectivity index (χ2n) is 8.04. The monoisotopic (exact) mass is 568 g/mol. The first-order valence-electron chi connectivity index (χ1n) is 11.3. The number of carbonyl (C=O) groups is 1. The van der Waals surface area contributed by atoms with E-state index in [-0.39, 0.29) is 27.7 Å². The number of nitrogens with zero attached hydrogens (tertiary/aromatic N) is 2. The maximum Gasteiger partial charge on any atom is 0.270 e. The summed E-state index contributed by atoms with van der Waals surface area (Å²) in [5.74, 6) is 1.02. The van der Waals surface area contributed by atoms with Gasteiger partial charge < -0.3 is 9.47 Å². The summed E-state index contributed by atoms with van der Waals surface area (Å²) < 4.78 is 10.1. The Bertz CT molecular complexity index is 1490. The Hall–Kier alpha value is -4.47. The zero-order valence-electron chi connectivity index (χ0n) is 20.8. The second kappa shape index (κ2) is 13.4. The summed E-state index contributed by atoms with van der Waals surface area (Å²) in [7, 11) is 3.13. The molecule has 0 bridgehead atoms. The molecule has 0 N–H and O–H groups in total. The van der Waals surface area contributed by atoms with Crippen LogP contribution in [0.25, 0.3) is 0 Å². The van der Waals surface area contributed by atoms with E-state index in [4.69, 9.17) is 32.7 Å². The van der Waals surface area contributed by atoms with Crippen LogP contribution in [0.1, 0.15) is 27.0 Å². The molecule has 0 fully saturated rings. The number of carbonyl (C=O) groups excluding carboxylic acids is 1. The number of non-ortho nitro benzene ring substituents is 2. The van der Waals surface area contributed by atoms with Gasteiger partial charge in [-0.15, -0.1) is 0 Å². The Morgan fingerprint density at radius 3 is 1.72 bits per heavy atom. The van der Waals surface area contributed by atoms with Crippen LogP contribution in [0, 0.1) is 20.2 Å². The van der Waals surface area contributed by atoms with Gasteiger partial charge in [0.15, 0.2) is 5.78 Å². The number of rotatable bonds is 8. The molecule has 200 valence electrons. The molecule has 39 heavy (non-hydrogen) atoms. The molecule has 4 aromatic rings. The van der Waals surface area contributed by atoms with E-state index in [1.165, 1.54) is 37.4 Å². The van der Waals surface area contributed by atoms with Gasteiger partial charge in [-0.2, -0.15) is 0 Å². The lowest BCUT2D eigenvalue weighted by Gasteiger charge is -2.06. The number of nitro benzene ring substituents is 2. The van der Waals surface area contributed by atoms with Crippen LogP contribution in [-0.4, -0.2) is 29.8 Å². The van der Waals surface area contributed by atoms with E-state index in [0.717, 1.165) is 16.9 Å². The van der Waals surface area contributed by atoms with E-state index in [1.807, 2.05) is 24.3 Å². The van der Waals surface area contributed by atoms with Gasteiger partial charge >= 0.3 is 0 Å². The Kier molecular flexibility index (Phi) is 9.97. The van der Waals surface area contributed by atoms with Crippen LogP contribution in [0.2, 0.25) is 10.0 Å². The summed E-state index contributed by atoms with van der Waals surface area (Å²) in [6, 6.07) is 22.2. The fourth-order valence-corrected chi connectivity index (χ4v) is 3.86. The highest BCUT2D eigenvalue weighted by atomic mass is 35.5. The van der Waals surface area contributed by atoms with E-state index < -0.39 is 9.85 Å². The predicted octanol–water partition coefficient (Wildman–Crippen LogP) is 7.34. The molecule has 0 aliphatic heterocycles. The van der Waals surface area contributed by atoms with Gasteiger partial charge in [0.2, 0.25) is 0 Å². The van der Waals surface area contributed by atoms with Crippen LogP contribution in [0.5, 0.6) is 11.5 Å². The molecular formula is C28H22Cl2N2O7. The van der Waals surface area contributed by atoms with Gasteiger partial charge in [-0.05, 0) is 66.1 Å². The van der Waals surface area contributed by atoms with Crippen LogP contribution in [-0.2, 0) is 6.42 Å². The summed E-state index contributed by atoms with van der Waals surface area (Å²) in [6.45, 7) is 0. The van der Waals surface area contributed by atoms with Gasteiger partial charge in [-0.1, -0.05) is 35.3 Å². The van der Waals surface area contributed by atoms with E-state index in [2.05, 4.69) is 0 Å². The van der Waals surface area contributed by atoms with E-state index in [1.54, 1.807) is 37.4 Å². The normalized spacial score (nSPS) is 10.2. The van der Waals surface area contributed by atoms with Crippen molar-refractivity contribution in [3.8, 4) is 11.5 Å². The lowest BCUT2D eigenvalue weighted by atomic mass is 10.0. The van der Waals surface area contributed by atoms with Gasteiger partial charge in [-0.3, -0.25) is 25.0 Å². The Balaban J connectivity index is 0.000000216. The maximum absolute atomic E-state index is 12.3. The van der Waals surface area contributed by atoms with E-state index >= 15 is 0 Å². The van der Waals surface area contributed by atoms with Gasteiger partial charge in [-0.25, -0.2) is 0 Å². The molecule has 4 rings (SSSR count). The zero-order valence-corrected chi connectivity index (χ0v) is 22.3. The van der Waals surface area contributed by atoms with Crippen molar-refractivity contribution in [1.29, 1.82) is 0 Å². The van der Waals surface area contributed by atoms with Crippen molar-refractivity contribution in [3.05, 3.63) is 137 Å². The highest BCUT2D eigenvalue weighted by Crippen LogP contribution is 2.26. The average molecular weight is 569 g/mol. The van der Waals surface area contributed by atoms with Crippen molar-refractivity contribution in [2.45, 2.75) is 6.42 Å². The second-order valence-corrected chi connectivity index (χ2v) is 8.85. The molecule has 0 unspecified atom stereocenters. The van der Waals surface area contributed by atoms with Crippen LogP contribution in [0.3, 0.4) is 0 Å². The molecule has 0 spiro atoms. The highest BCUT2D eigenvalue weighted by Gasteiger charge is 2.17. The largest absolute Gasteiger partial charge is 0.497 e. The average Bonchev–Trinajstić information content (AvgIpc) is 2.94. The summed E-state index contributed by atoms with van der Waals surface area (Å²) in [4.78, 5) is 32.8. The van der Waals surface area contributed by atoms with Crippen molar-refractivity contribution < 1.29 is 24.1 Å². The summed E-state index contributed by atoms with van der Waals surface area (Å²) in [5.41, 5.74) is 2.11. The van der Waals surface area contributed by atoms with Crippen LogP contribution >= 0.6 is 23.2 Å². The fourth-order valence-electron chi connectivity index (χ4n) is 3.47. The highest BCUT2D eigenvalue weighted by molar-refractivity contribution is 6.35. The lowest BCUT2D eigenvalue weighted by molar-refractivity contribution is -0.385. The summed E-state index contributed by atoms with van der Waals surface area (Å²) >= 11 is 12.0. The molecule has 0 heterocycles. The molecule has 4 aromatic carbocycles. The number of ether oxygens (including phenoxy) is 2. The molecule has 0 aromatic heterocycles. The molecule has 0 aliphatic carbocycles. The summed E-state index contributed by atoms with van der Waals surface area (Å²) in [6.07, 6.45) is 0.546. The number of hydrogen-bond acceptors (Lipinski definition) is 7. The molecular weight excluding hydrogens is 547 g/mol. The first kappa shape index (κ1) is 29.1. The molecule has 0 radical (unpaired) electrons. The third-order valence-corrected chi connectivity index (χ3v) is 6.25. The molecule has 9 nitrogen and oxygen atoms in total. The number of nitro groups is 2. The third-order valence-electron chi connectivity index (χ3n) is 5.55. The fraction of sp³-hybridized carbons (Fsp3) is 0.107. The van der Waals surface area contributed by atoms with Gasteiger partial charge in [0, 0.05) is 40.4 Å². The number of ketones is 1. The van der Waals surface area contributed by atoms with Crippen LogP contribution in [0.15, 0.2) is 84.9 Å². The van der Waals surface area contributed by atoms with E-state index in [0.29, 0.717) is 22.8 Å². The minimum Gasteiger partial charge on any atom is -0.497 e. The third kappa shape index (κ3) is 7.76. The zero-order chi connectivity index (χ0) is 28.5. The predicted molar refractivity (Wildman–Crippen MR) is 148 cm³/mol. The number of hydrogen-bond donors (Lipinski definition) is 0. The van der Waals surface area contributed by atoms with Crippen molar-refractivity contribution in [2.24, 2.45) is 0 Å². The lowest BCUT2D eigenvalue weighted by Crippen LogP contribution is -2.03. The topological polar surface area (TPSA) is 122 Å². The number of halogens is 2. The van der Waals surface area contributed by atoms with Gasteiger partial charge in [0.25, 0.3) is 11.4 Å². The minimum atomic E-state index is -0.568. The SMILES string of the molecule is COc1ccc(C(=O)c2cc([N+](=O)[O-])ccc2Cl)cc1.COc1ccc(Cc2cc([N+](=O)[O-])ccc2Cl)cc1. The molecule has 0 aliphatic rings. The number of methoxy groups -OCH3 is 2. The smallest absolute Gasteiger partial charge is 0.270 e. The molecule has 11 heteroatoms. The van der Waals surface area contributed by atoms with E-state index in [9.17, 15) is 25.0 Å². The Labute approximate surface area is 233 Å². The van der Waals surface area contributed by atoms with Crippen molar-refractivity contribution >= 4 is 40.4 Å². The molecule has 0 saturated carbocycles. The Morgan fingerprint density at radius 2 is 1.21 bits per heavy atom. The quantitative estimate of drug-likeness (QED) is 0.124. The first-order chi connectivity index (χ1) is 18.6. The Morgan fingerprint density at radius 1 is 0.718 bits per heavy atom. The van der Waals surface area contributed by atoms with Crippen molar-refractivity contribution in [3.63, 3.8) is 0 Å². The van der Waals surface area contributed by atoms with Crippen molar-refractivity contribution in [1.82, 2.24) is 0 Å².